The van der Waals surface area contributed by atoms with Crippen LogP contribution in [0.5, 0.6) is 0 Å². The Morgan fingerprint density at radius 2 is 2.33 bits per heavy atom. The first-order valence-electron chi connectivity index (χ1n) is 5.22. The number of rotatable bonds is 5. The van der Waals surface area contributed by atoms with Crippen LogP contribution in [-0.4, -0.2) is 10.8 Å². The van der Waals surface area contributed by atoms with E-state index in [0.717, 1.165) is 6.07 Å². The highest BCUT2D eigenvalue weighted by atomic mass is 16.6. The van der Waals surface area contributed by atoms with Gasteiger partial charge in [0.2, 0.25) is 5.91 Å². The van der Waals surface area contributed by atoms with Crippen LogP contribution in [0.3, 0.4) is 0 Å². The third-order valence-electron chi connectivity index (χ3n) is 2.09. The lowest BCUT2D eigenvalue weighted by Gasteiger charge is -2.04. The molecule has 0 aliphatic carbocycles. The number of amides is 1. The molecule has 0 saturated heterocycles. The number of nitrogens with zero attached hydrogens (tertiary/aromatic N) is 4. The molecular formula is C10H11N5O3. The zero-order valence-electron chi connectivity index (χ0n) is 9.66. The fourth-order valence-corrected chi connectivity index (χ4v) is 1.33. The normalized spacial score (nSPS) is 9.39. The molecule has 1 aromatic carbocycles. The standard InChI is InChI=1S/C10H11N5O3/c1-2-3-10(16)12-7-4-5-8(13-14-11)9(6-7)15(17)18/h4-6H,2-3H2,1H3,(H,12,16). The van der Waals surface area contributed by atoms with E-state index in [0.29, 0.717) is 18.5 Å². The number of benzene rings is 1. The number of azide groups is 1. The highest BCUT2D eigenvalue weighted by Crippen LogP contribution is 2.30. The third kappa shape index (κ3) is 3.46. The topological polar surface area (TPSA) is 121 Å². The molecule has 0 aromatic heterocycles. The van der Waals surface area contributed by atoms with Crippen molar-refractivity contribution in [3.05, 3.63) is 38.8 Å². The van der Waals surface area contributed by atoms with E-state index in [1.807, 2.05) is 6.92 Å². The van der Waals surface area contributed by atoms with E-state index in [1.165, 1.54) is 12.1 Å². The van der Waals surface area contributed by atoms with E-state index in [9.17, 15) is 14.9 Å². The van der Waals surface area contributed by atoms with Gasteiger partial charge in [-0.1, -0.05) is 12.0 Å². The van der Waals surface area contributed by atoms with Crippen LogP contribution >= 0.6 is 0 Å². The molecule has 8 heteroatoms. The van der Waals surface area contributed by atoms with Gasteiger partial charge in [-0.3, -0.25) is 14.9 Å². The van der Waals surface area contributed by atoms with Crippen molar-refractivity contribution in [2.75, 3.05) is 5.32 Å². The number of hydrogen-bond donors (Lipinski definition) is 1. The van der Waals surface area contributed by atoms with Crippen LogP contribution in [0.1, 0.15) is 19.8 Å². The molecule has 94 valence electrons. The summed E-state index contributed by atoms with van der Waals surface area (Å²) in [6.45, 7) is 1.85. The van der Waals surface area contributed by atoms with Gasteiger partial charge >= 0.3 is 0 Å². The molecule has 0 bridgehead atoms. The minimum Gasteiger partial charge on any atom is -0.326 e. The molecule has 0 fully saturated rings. The number of nitro groups is 1. The van der Waals surface area contributed by atoms with Gasteiger partial charge in [0.25, 0.3) is 5.69 Å². The Morgan fingerprint density at radius 3 is 2.89 bits per heavy atom. The lowest BCUT2D eigenvalue weighted by Crippen LogP contribution is -2.10. The zero-order chi connectivity index (χ0) is 13.5. The Bertz CT molecular complexity index is 522. The average molecular weight is 249 g/mol. The summed E-state index contributed by atoms with van der Waals surface area (Å²) in [7, 11) is 0. The first kappa shape index (κ1) is 13.5. The second-order valence-electron chi connectivity index (χ2n) is 3.45. The van der Waals surface area contributed by atoms with E-state index >= 15 is 0 Å². The number of nitrogens with one attached hydrogen (secondary N) is 1. The van der Waals surface area contributed by atoms with Crippen LogP contribution < -0.4 is 5.32 Å². The maximum atomic E-state index is 11.3. The molecule has 0 aliphatic heterocycles. The monoisotopic (exact) mass is 249 g/mol. The molecule has 0 atom stereocenters. The minimum atomic E-state index is -0.667. The second-order valence-corrected chi connectivity index (χ2v) is 3.45. The highest BCUT2D eigenvalue weighted by molar-refractivity contribution is 5.91. The van der Waals surface area contributed by atoms with Crippen molar-refractivity contribution in [2.45, 2.75) is 19.8 Å². The minimum absolute atomic E-state index is 0.0870. The van der Waals surface area contributed by atoms with Gasteiger partial charge in [-0.25, -0.2) is 0 Å². The Hall–Kier alpha value is -2.60. The van der Waals surface area contributed by atoms with Crippen molar-refractivity contribution in [3.63, 3.8) is 0 Å². The summed E-state index contributed by atoms with van der Waals surface area (Å²) in [4.78, 5) is 23.9. The summed E-state index contributed by atoms with van der Waals surface area (Å²) in [5.74, 6) is -0.219. The van der Waals surface area contributed by atoms with Gasteiger partial charge in [0, 0.05) is 23.1 Å². The van der Waals surface area contributed by atoms with Crippen LogP contribution in [0.2, 0.25) is 0 Å². The fraction of sp³-hybridized carbons (Fsp3) is 0.300. The Labute approximate surface area is 102 Å². The number of carbonyl (C=O) groups excluding carboxylic acids is 1. The quantitative estimate of drug-likeness (QED) is 0.283. The molecule has 0 saturated carbocycles. The molecular weight excluding hydrogens is 238 g/mol. The number of carbonyl (C=O) groups is 1. The maximum Gasteiger partial charge on any atom is 0.281 e. The van der Waals surface area contributed by atoms with Gasteiger partial charge < -0.3 is 5.32 Å². The maximum absolute atomic E-state index is 11.3. The zero-order valence-corrected chi connectivity index (χ0v) is 9.66. The van der Waals surface area contributed by atoms with E-state index in [-0.39, 0.29) is 17.3 Å². The summed E-state index contributed by atoms with van der Waals surface area (Å²) in [6, 6.07) is 3.90. The second kappa shape index (κ2) is 6.21. The van der Waals surface area contributed by atoms with Crippen molar-refractivity contribution in [1.82, 2.24) is 0 Å². The third-order valence-corrected chi connectivity index (χ3v) is 2.09. The van der Waals surface area contributed by atoms with Gasteiger partial charge in [-0.15, -0.1) is 0 Å². The highest BCUT2D eigenvalue weighted by Gasteiger charge is 2.14. The van der Waals surface area contributed by atoms with Crippen LogP contribution in [0.4, 0.5) is 17.1 Å². The van der Waals surface area contributed by atoms with E-state index in [1.54, 1.807) is 0 Å². The van der Waals surface area contributed by atoms with Crippen molar-refractivity contribution in [1.29, 1.82) is 0 Å². The smallest absolute Gasteiger partial charge is 0.281 e. The molecule has 1 amide bonds. The molecule has 8 nitrogen and oxygen atoms in total. The van der Waals surface area contributed by atoms with Gasteiger partial charge in [-0.2, -0.15) is 0 Å². The molecule has 1 N–H and O–H groups in total. The predicted molar refractivity (Wildman–Crippen MR) is 65.4 cm³/mol. The number of anilines is 1. The Morgan fingerprint density at radius 1 is 1.61 bits per heavy atom. The predicted octanol–water partition coefficient (Wildman–Crippen LogP) is 3.28. The first-order valence-corrected chi connectivity index (χ1v) is 5.22. The van der Waals surface area contributed by atoms with E-state index in [4.69, 9.17) is 5.53 Å². The molecule has 18 heavy (non-hydrogen) atoms. The van der Waals surface area contributed by atoms with Crippen LogP contribution in [0.25, 0.3) is 10.4 Å². The molecule has 0 aliphatic rings. The number of nitro benzene ring substituents is 1. The van der Waals surface area contributed by atoms with E-state index < -0.39 is 4.92 Å². The lowest BCUT2D eigenvalue weighted by atomic mass is 10.2. The number of hydrogen-bond acceptors (Lipinski definition) is 4. The van der Waals surface area contributed by atoms with Gasteiger partial charge in [0.1, 0.15) is 5.69 Å². The lowest BCUT2D eigenvalue weighted by molar-refractivity contribution is -0.384. The molecule has 0 unspecified atom stereocenters. The summed E-state index contributed by atoms with van der Waals surface area (Å²) in [6.07, 6.45) is 1.02. The van der Waals surface area contributed by atoms with Crippen molar-refractivity contribution < 1.29 is 9.72 Å². The molecule has 0 heterocycles. The summed E-state index contributed by atoms with van der Waals surface area (Å²) in [5, 5.41) is 16.5. The molecule has 0 radical (unpaired) electrons. The Kier molecular flexibility index (Phi) is 4.65. The van der Waals surface area contributed by atoms with Crippen molar-refractivity contribution in [3.8, 4) is 0 Å². The molecule has 1 rings (SSSR count). The Balaban J connectivity index is 3.03. The van der Waals surface area contributed by atoms with Gasteiger partial charge in [0.05, 0.1) is 4.92 Å². The van der Waals surface area contributed by atoms with Crippen LogP contribution in [0, 0.1) is 10.1 Å². The summed E-state index contributed by atoms with van der Waals surface area (Å²) < 4.78 is 0. The average Bonchev–Trinajstić information content (AvgIpc) is 2.31. The first-order chi connectivity index (χ1) is 8.58. The van der Waals surface area contributed by atoms with E-state index in [2.05, 4.69) is 15.3 Å². The van der Waals surface area contributed by atoms with Crippen molar-refractivity contribution >= 4 is 23.0 Å². The van der Waals surface area contributed by atoms with Gasteiger partial charge in [0.15, 0.2) is 0 Å². The SMILES string of the molecule is CCCC(=O)Nc1ccc(N=[N+]=[N-])c([N+](=O)[O-])c1. The van der Waals surface area contributed by atoms with Gasteiger partial charge in [-0.05, 0) is 24.1 Å². The van der Waals surface area contributed by atoms with Crippen molar-refractivity contribution in [2.24, 2.45) is 5.11 Å². The van der Waals surface area contributed by atoms with Crippen LogP contribution in [0.15, 0.2) is 23.3 Å². The van der Waals surface area contributed by atoms with Crippen LogP contribution in [-0.2, 0) is 4.79 Å². The summed E-state index contributed by atoms with van der Waals surface area (Å²) >= 11 is 0. The summed E-state index contributed by atoms with van der Waals surface area (Å²) in [5.41, 5.74) is 8.15. The molecule has 1 aromatic rings. The fourth-order valence-electron chi connectivity index (χ4n) is 1.33. The largest absolute Gasteiger partial charge is 0.326 e. The molecule has 0 spiro atoms.